The van der Waals surface area contributed by atoms with Crippen molar-refractivity contribution >= 4 is 5.91 Å². The second kappa shape index (κ2) is 7.60. The smallest absolute Gasteiger partial charge is 0.241 e. The maximum absolute atomic E-state index is 13.6. The van der Waals surface area contributed by atoms with Crippen molar-refractivity contribution in [1.82, 2.24) is 15.5 Å². The monoisotopic (exact) mass is 385 g/mol. The van der Waals surface area contributed by atoms with Crippen LogP contribution in [0.4, 0.5) is 8.78 Å². The van der Waals surface area contributed by atoms with E-state index < -0.39 is 23.2 Å². The van der Waals surface area contributed by atoms with Gasteiger partial charge in [0.2, 0.25) is 5.91 Å². The van der Waals surface area contributed by atoms with Crippen molar-refractivity contribution in [2.75, 3.05) is 26.2 Å². The lowest BCUT2D eigenvalue weighted by Crippen LogP contribution is -2.64. The molecular formula is C22H25F2N3O. The van der Waals surface area contributed by atoms with E-state index in [1.807, 2.05) is 12.1 Å². The number of hydrogen-bond donors (Lipinski definition) is 2. The average Bonchev–Trinajstić information content (AvgIpc) is 3.09. The van der Waals surface area contributed by atoms with Gasteiger partial charge in [-0.1, -0.05) is 24.3 Å². The van der Waals surface area contributed by atoms with E-state index >= 15 is 0 Å². The van der Waals surface area contributed by atoms with E-state index in [0.29, 0.717) is 18.4 Å². The first kappa shape index (κ1) is 19.0. The van der Waals surface area contributed by atoms with Crippen LogP contribution in [0.3, 0.4) is 0 Å². The number of amides is 1. The van der Waals surface area contributed by atoms with Gasteiger partial charge in [-0.15, -0.1) is 0 Å². The molecule has 1 atom stereocenters. The fraction of sp³-hybridized carbons (Fsp3) is 0.409. The number of nitrogens with zero attached hydrogens (tertiary/aromatic N) is 1. The van der Waals surface area contributed by atoms with Gasteiger partial charge in [0.15, 0.2) is 0 Å². The van der Waals surface area contributed by atoms with Gasteiger partial charge in [-0.25, -0.2) is 8.78 Å². The van der Waals surface area contributed by atoms with Crippen LogP contribution in [0.1, 0.15) is 29.7 Å². The standard InChI is InChI=1S/C22H25F2N3O/c1-15(18-10-19(23)12-20(24)11-18)26-21(28)22(27-8-6-25-7-9-27)13-16-4-2-3-5-17(16)14-22/h2-5,10-12,15,25H,6-9,13-14H2,1H3,(H,26,28)/t15-/m0/s1. The molecule has 2 aromatic carbocycles. The third-order valence-corrected chi connectivity index (χ3v) is 5.96. The third-order valence-electron chi connectivity index (χ3n) is 5.96. The average molecular weight is 385 g/mol. The van der Waals surface area contributed by atoms with Crippen molar-refractivity contribution in [3.05, 3.63) is 70.8 Å². The van der Waals surface area contributed by atoms with E-state index in [2.05, 4.69) is 27.7 Å². The zero-order valence-corrected chi connectivity index (χ0v) is 16.0. The highest BCUT2D eigenvalue weighted by Gasteiger charge is 2.48. The Hall–Kier alpha value is -2.31. The number of nitrogens with one attached hydrogen (secondary N) is 2. The number of fused-ring (bicyclic) bond motifs is 1. The molecule has 1 aliphatic heterocycles. The number of carbonyl (C=O) groups excluding carboxylic acids is 1. The zero-order chi connectivity index (χ0) is 19.7. The molecule has 0 saturated carbocycles. The molecule has 1 fully saturated rings. The molecule has 0 unspecified atom stereocenters. The number of benzene rings is 2. The molecule has 4 rings (SSSR count). The first-order chi connectivity index (χ1) is 13.5. The molecule has 2 N–H and O–H groups in total. The van der Waals surface area contributed by atoms with E-state index in [9.17, 15) is 13.6 Å². The minimum Gasteiger partial charge on any atom is -0.348 e. The third kappa shape index (κ3) is 3.54. The number of carbonyl (C=O) groups is 1. The summed E-state index contributed by atoms with van der Waals surface area (Å²) in [4.78, 5) is 15.8. The predicted molar refractivity (Wildman–Crippen MR) is 104 cm³/mol. The molecular weight excluding hydrogens is 360 g/mol. The van der Waals surface area contributed by atoms with Gasteiger partial charge in [0.1, 0.15) is 17.2 Å². The van der Waals surface area contributed by atoms with Crippen molar-refractivity contribution < 1.29 is 13.6 Å². The maximum Gasteiger partial charge on any atom is 0.241 e. The Kier molecular flexibility index (Phi) is 5.17. The van der Waals surface area contributed by atoms with E-state index in [0.717, 1.165) is 32.2 Å². The highest BCUT2D eigenvalue weighted by Crippen LogP contribution is 2.36. The molecule has 1 amide bonds. The fourth-order valence-electron chi connectivity index (χ4n) is 4.46. The molecule has 0 spiro atoms. The van der Waals surface area contributed by atoms with Gasteiger partial charge in [-0.2, -0.15) is 0 Å². The molecule has 1 aliphatic carbocycles. The molecule has 0 bridgehead atoms. The summed E-state index contributed by atoms with van der Waals surface area (Å²) in [5.74, 6) is -1.36. The molecule has 0 radical (unpaired) electrons. The van der Waals surface area contributed by atoms with Crippen molar-refractivity contribution in [1.29, 1.82) is 0 Å². The number of rotatable bonds is 4. The first-order valence-corrected chi connectivity index (χ1v) is 9.77. The SMILES string of the molecule is C[C@H](NC(=O)C1(N2CCNCC2)Cc2ccccc2C1)c1cc(F)cc(F)c1. The fourth-order valence-corrected chi connectivity index (χ4v) is 4.46. The second-order valence-electron chi connectivity index (χ2n) is 7.79. The Morgan fingerprint density at radius 2 is 1.64 bits per heavy atom. The summed E-state index contributed by atoms with van der Waals surface area (Å²) in [5, 5.41) is 6.37. The summed E-state index contributed by atoms with van der Waals surface area (Å²) in [6.07, 6.45) is 1.30. The molecule has 2 aromatic rings. The van der Waals surface area contributed by atoms with Gasteiger partial charge >= 0.3 is 0 Å². The predicted octanol–water partition coefficient (Wildman–Crippen LogP) is 2.58. The lowest BCUT2D eigenvalue weighted by atomic mass is 9.90. The molecule has 148 valence electrons. The zero-order valence-electron chi connectivity index (χ0n) is 16.0. The minimum atomic E-state index is -0.661. The van der Waals surface area contributed by atoms with Gasteiger partial charge in [0, 0.05) is 45.1 Å². The lowest BCUT2D eigenvalue weighted by molar-refractivity contribution is -0.134. The van der Waals surface area contributed by atoms with Gasteiger partial charge in [-0.05, 0) is 35.7 Å². The normalized spacial score (nSPS) is 19.8. The molecule has 6 heteroatoms. The summed E-state index contributed by atoms with van der Waals surface area (Å²) in [5.41, 5.74) is 2.16. The molecule has 2 aliphatic rings. The molecule has 28 heavy (non-hydrogen) atoms. The summed E-state index contributed by atoms with van der Waals surface area (Å²) in [6.45, 7) is 5.04. The van der Waals surface area contributed by atoms with E-state index in [1.165, 1.54) is 23.3 Å². The van der Waals surface area contributed by atoms with Gasteiger partial charge in [0.05, 0.1) is 6.04 Å². The summed E-state index contributed by atoms with van der Waals surface area (Å²) >= 11 is 0. The Morgan fingerprint density at radius 1 is 1.07 bits per heavy atom. The summed E-state index contributed by atoms with van der Waals surface area (Å²) < 4.78 is 27.2. The molecule has 4 nitrogen and oxygen atoms in total. The highest BCUT2D eigenvalue weighted by molar-refractivity contribution is 5.88. The Labute approximate surface area is 163 Å². The topological polar surface area (TPSA) is 44.4 Å². The van der Waals surface area contributed by atoms with Gasteiger partial charge in [0.25, 0.3) is 0 Å². The number of halogens is 2. The highest BCUT2D eigenvalue weighted by atomic mass is 19.1. The van der Waals surface area contributed by atoms with Crippen LogP contribution in [0.25, 0.3) is 0 Å². The number of piperazine rings is 1. The van der Waals surface area contributed by atoms with Crippen LogP contribution in [0.2, 0.25) is 0 Å². The second-order valence-corrected chi connectivity index (χ2v) is 7.79. The maximum atomic E-state index is 13.6. The van der Waals surface area contributed by atoms with Crippen LogP contribution < -0.4 is 10.6 Å². The van der Waals surface area contributed by atoms with E-state index in [1.54, 1.807) is 6.92 Å². The molecule has 1 heterocycles. The van der Waals surface area contributed by atoms with Crippen molar-refractivity contribution in [2.24, 2.45) is 0 Å². The van der Waals surface area contributed by atoms with Crippen molar-refractivity contribution in [2.45, 2.75) is 31.3 Å². The van der Waals surface area contributed by atoms with E-state index in [4.69, 9.17) is 0 Å². The van der Waals surface area contributed by atoms with E-state index in [-0.39, 0.29) is 5.91 Å². The lowest BCUT2D eigenvalue weighted by Gasteiger charge is -2.42. The quantitative estimate of drug-likeness (QED) is 0.850. The largest absolute Gasteiger partial charge is 0.348 e. The Bertz CT molecular complexity index is 835. The van der Waals surface area contributed by atoms with Crippen molar-refractivity contribution in [3.8, 4) is 0 Å². The van der Waals surface area contributed by atoms with Gasteiger partial charge < -0.3 is 10.6 Å². The van der Waals surface area contributed by atoms with Crippen LogP contribution in [0.15, 0.2) is 42.5 Å². The summed E-state index contributed by atoms with van der Waals surface area (Å²) in [7, 11) is 0. The first-order valence-electron chi connectivity index (χ1n) is 9.77. The van der Waals surface area contributed by atoms with Crippen LogP contribution in [-0.2, 0) is 17.6 Å². The summed E-state index contributed by atoms with van der Waals surface area (Å²) in [6, 6.07) is 11.1. The minimum absolute atomic E-state index is 0.0808. The van der Waals surface area contributed by atoms with Crippen LogP contribution in [0.5, 0.6) is 0 Å². The van der Waals surface area contributed by atoms with Crippen LogP contribution in [0, 0.1) is 11.6 Å². The molecule has 0 aromatic heterocycles. The Morgan fingerprint density at radius 3 is 2.21 bits per heavy atom. The Balaban J connectivity index is 1.61. The number of hydrogen-bond acceptors (Lipinski definition) is 3. The molecule has 1 saturated heterocycles. The van der Waals surface area contributed by atoms with Crippen molar-refractivity contribution in [3.63, 3.8) is 0 Å². The van der Waals surface area contributed by atoms with Gasteiger partial charge in [-0.3, -0.25) is 9.69 Å². The van der Waals surface area contributed by atoms with Crippen LogP contribution >= 0.6 is 0 Å². The van der Waals surface area contributed by atoms with Crippen LogP contribution in [-0.4, -0.2) is 42.5 Å².